The molecule has 2 unspecified atom stereocenters. The van der Waals surface area contributed by atoms with Crippen LogP contribution in [0.3, 0.4) is 0 Å². The van der Waals surface area contributed by atoms with E-state index in [1.807, 2.05) is 45.9 Å². The number of carbonyl (C=O) groups excluding carboxylic acids is 4. The van der Waals surface area contributed by atoms with Gasteiger partial charge in [0.05, 0.1) is 28.7 Å². The highest BCUT2D eigenvalue weighted by molar-refractivity contribution is 7.16. The number of nitrogens with zero attached hydrogens (tertiary/aromatic N) is 1. The van der Waals surface area contributed by atoms with Crippen LogP contribution in [0, 0.1) is 47.2 Å². The van der Waals surface area contributed by atoms with Gasteiger partial charge in [0.2, 0.25) is 0 Å². The summed E-state index contributed by atoms with van der Waals surface area (Å²) in [7, 11) is 4.12. The molecule has 3 fully saturated rings. The molecule has 2 aromatic rings. The number of alkyl carbamates (subject to hydrolysis) is 1. The van der Waals surface area contributed by atoms with Crippen molar-refractivity contribution in [2.45, 2.75) is 129 Å². The number of hydrogen-bond donors (Lipinski definition) is 1. The molecule has 0 aliphatic carbocycles. The van der Waals surface area contributed by atoms with Crippen LogP contribution in [0.5, 0.6) is 0 Å². The van der Waals surface area contributed by atoms with Crippen molar-refractivity contribution < 1.29 is 42.5 Å². The number of thiophene rings is 1. The second-order valence-electron chi connectivity index (χ2n) is 16.8. The second kappa shape index (κ2) is 17.9. The molecule has 0 saturated carbocycles. The van der Waals surface area contributed by atoms with Crippen molar-refractivity contribution in [2.24, 2.45) is 29.6 Å². The number of esters is 1. The molecule has 1 aromatic carbocycles. The fraction of sp³-hybridized carbons (Fsp3) is 0.636. The summed E-state index contributed by atoms with van der Waals surface area (Å²) in [5.41, 5.74) is -1.67. The number of amides is 1. The first-order valence-electron chi connectivity index (χ1n) is 19.9. The molecule has 12 heteroatoms. The van der Waals surface area contributed by atoms with E-state index in [-0.39, 0.29) is 48.7 Å². The molecule has 3 saturated heterocycles. The number of ketones is 2. The lowest BCUT2D eigenvalue weighted by atomic mass is 9.68. The monoisotopic (exact) mass is 794 g/mol. The van der Waals surface area contributed by atoms with Gasteiger partial charge < -0.3 is 29.2 Å². The Morgan fingerprint density at radius 2 is 1.73 bits per heavy atom. The average molecular weight is 795 g/mol. The molecule has 5 rings (SSSR count). The first kappa shape index (κ1) is 43.5. The maximum Gasteiger partial charge on any atom is 0.408 e. The number of halogens is 1. The lowest BCUT2D eigenvalue weighted by Gasteiger charge is -2.46. The van der Waals surface area contributed by atoms with Crippen molar-refractivity contribution in [3.05, 3.63) is 47.1 Å². The fourth-order valence-corrected chi connectivity index (χ4v) is 10.1. The Kier molecular flexibility index (Phi) is 13.9. The summed E-state index contributed by atoms with van der Waals surface area (Å²) in [5, 5.41) is 2.83. The predicted octanol–water partition coefficient (Wildman–Crippen LogP) is 7.46. The molecule has 0 spiro atoms. The molecule has 10 nitrogen and oxygen atoms in total. The molecule has 1 N–H and O–H groups in total. The predicted molar refractivity (Wildman–Crippen MR) is 213 cm³/mol. The van der Waals surface area contributed by atoms with Crippen LogP contribution in [-0.4, -0.2) is 90.8 Å². The van der Waals surface area contributed by atoms with E-state index in [2.05, 4.69) is 43.1 Å². The number of nitrogens with one attached hydrogen (secondary N) is 1. The molecule has 1 aromatic heterocycles. The zero-order chi connectivity index (χ0) is 41.1. The van der Waals surface area contributed by atoms with E-state index < -0.39 is 65.0 Å². The standard InChI is InChI=1S/C44H59FN2O8S/c1-11-37-44(8)40(46-42(51)55-44)28(5)38(48)25(2)24-43(7,52-19-13-16-34-17-18-36(56-34)30-14-12-15-31(45)21-30)35(27(4)39(49)29(6)41(50)54-37)23-33-22-32(47(9)10)20-26(3)53-33/h12,14-15,17-18,21,25-29,32-33,35,37,40H,11,19-20,22-24H2,1-10H3,(H,46,51)/t25-,26-,27-,28+,29-,32+,33?,35-,37-,40?,43+,44-/m1/s1. The molecule has 306 valence electrons. The minimum atomic E-state index is -1.35. The Hall–Kier alpha value is -3.63. The topological polar surface area (TPSA) is 120 Å². The molecule has 12 atom stereocenters. The van der Waals surface area contributed by atoms with Gasteiger partial charge in [0.25, 0.3) is 0 Å². The molecule has 4 heterocycles. The quantitative estimate of drug-likeness (QED) is 0.173. The number of fused-ring (bicyclic) bond motifs is 1. The number of hydrogen-bond acceptors (Lipinski definition) is 10. The summed E-state index contributed by atoms with van der Waals surface area (Å²) in [5.74, 6) is 1.32. The largest absolute Gasteiger partial charge is 0.458 e. The van der Waals surface area contributed by atoms with Gasteiger partial charge in [-0.15, -0.1) is 11.3 Å². The summed E-state index contributed by atoms with van der Waals surface area (Å²) in [6.07, 6.45) is 0.816. The third kappa shape index (κ3) is 9.55. The fourth-order valence-electron chi connectivity index (χ4n) is 9.23. The van der Waals surface area contributed by atoms with E-state index in [1.165, 1.54) is 23.5 Å². The first-order valence-corrected chi connectivity index (χ1v) is 20.8. The van der Waals surface area contributed by atoms with Crippen LogP contribution in [0.25, 0.3) is 10.4 Å². The van der Waals surface area contributed by atoms with E-state index in [0.29, 0.717) is 12.8 Å². The van der Waals surface area contributed by atoms with Crippen LogP contribution in [0.15, 0.2) is 36.4 Å². The van der Waals surface area contributed by atoms with E-state index in [0.717, 1.165) is 28.2 Å². The maximum absolute atomic E-state index is 14.5. The van der Waals surface area contributed by atoms with Crippen molar-refractivity contribution in [1.29, 1.82) is 0 Å². The number of ether oxygens (including phenoxy) is 4. The molecule has 0 radical (unpaired) electrons. The third-order valence-electron chi connectivity index (χ3n) is 12.4. The van der Waals surface area contributed by atoms with Gasteiger partial charge in [-0.3, -0.25) is 14.4 Å². The van der Waals surface area contributed by atoms with Crippen LogP contribution < -0.4 is 5.32 Å². The highest BCUT2D eigenvalue weighted by Gasteiger charge is 2.57. The van der Waals surface area contributed by atoms with Gasteiger partial charge in [0.15, 0.2) is 5.60 Å². The maximum atomic E-state index is 14.5. The Morgan fingerprint density at radius 3 is 2.41 bits per heavy atom. The normalized spacial score (nSPS) is 35.8. The Labute approximate surface area is 335 Å². The Bertz CT molecular complexity index is 1820. The zero-order valence-electron chi connectivity index (χ0n) is 34.5. The van der Waals surface area contributed by atoms with Crippen molar-refractivity contribution in [2.75, 3.05) is 20.7 Å². The lowest BCUT2D eigenvalue weighted by molar-refractivity contribution is -0.173. The van der Waals surface area contributed by atoms with E-state index in [9.17, 15) is 23.6 Å². The summed E-state index contributed by atoms with van der Waals surface area (Å²) in [6, 6.07) is 9.70. The molecule has 0 bridgehead atoms. The molecule has 1 amide bonds. The van der Waals surface area contributed by atoms with Gasteiger partial charge in [-0.05, 0) is 110 Å². The number of Topliss-reactive ketones (excluding diaryl/α,β-unsaturated/α-hetero) is 2. The van der Waals surface area contributed by atoms with Crippen LogP contribution in [0.4, 0.5) is 9.18 Å². The smallest absolute Gasteiger partial charge is 0.408 e. The molecule has 56 heavy (non-hydrogen) atoms. The first-order chi connectivity index (χ1) is 26.4. The van der Waals surface area contributed by atoms with Crippen molar-refractivity contribution >= 4 is 35.0 Å². The summed E-state index contributed by atoms with van der Waals surface area (Å²) in [6.45, 7) is 14.5. The third-order valence-corrected chi connectivity index (χ3v) is 13.5. The minimum absolute atomic E-state index is 0.000190. The van der Waals surface area contributed by atoms with Crippen LogP contribution in [0.1, 0.15) is 92.4 Å². The van der Waals surface area contributed by atoms with Gasteiger partial charge in [0.1, 0.15) is 36.0 Å². The minimum Gasteiger partial charge on any atom is -0.458 e. The van der Waals surface area contributed by atoms with E-state index in [4.69, 9.17) is 18.9 Å². The molecule has 3 aliphatic heterocycles. The Balaban J connectivity index is 1.53. The lowest BCUT2D eigenvalue weighted by Crippen LogP contribution is -2.57. The van der Waals surface area contributed by atoms with Crippen molar-refractivity contribution in [3.8, 4) is 22.3 Å². The van der Waals surface area contributed by atoms with Crippen molar-refractivity contribution in [1.82, 2.24) is 10.2 Å². The molecular weight excluding hydrogens is 736 g/mol. The molecular formula is C44H59FN2O8S. The van der Waals surface area contributed by atoms with Gasteiger partial charge in [0, 0.05) is 28.7 Å². The second-order valence-corrected chi connectivity index (χ2v) is 17.9. The number of benzene rings is 1. The van der Waals surface area contributed by atoms with Gasteiger partial charge in [-0.25, -0.2) is 9.18 Å². The number of carbonyl (C=O) groups is 4. The van der Waals surface area contributed by atoms with Crippen molar-refractivity contribution in [3.63, 3.8) is 0 Å². The Morgan fingerprint density at radius 1 is 1.00 bits per heavy atom. The van der Waals surface area contributed by atoms with E-state index >= 15 is 0 Å². The summed E-state index contributed by atoms with van der Waals surface area (Å²) >= 11 is 1.45. The van der Waals surface area contributed by atoms with Crippen LogP contribution in [0.2, 0.25) is 0 Å². The van der Waals surface area contributed by atoms with Gasteiger partial charge >= 0.3 is 12.1 Å². The number of cyclic esters (lactones) is 1. The summed E-state index contributed by atoms with van der Waals surface area (Å²) < 4.78 is 39.0. The van der Waals surface area contributed by atoms with Gasteiger partial charge in [-0.2, -0.15) is 0 Å². The van der Waals surface area contributed by atoms with E-state index in [1.54, 1.807) is 26.8 Å². The average Bonchev–Trinajstić information content (AvgIpc) is 3.76. The highest BCUT2D eigenvalue weighted by Crippen LogP contribution is 2.43. The SMILES string of the molecule is CC[C@H]1OC(=O)[C@H](C)C(=O)[C@H](C)[C@@H](CC2C[C@@H](N(C)C)C[C@@H](C)O2)[C@@](C)(OCC#Cc2ccc(-c3cccc(F)c3)s2)C[C@@H](C)C(=O)[C@H](C)C2NC(=O)O[C@@]21C. The van der Waals surface area contributed by atoms with Crippen LogP contribution >= 0.6 is 11.3 Å². The number of rotatable bonds is 7. The zero-order valence-corrected chi connectivity index (χ0v) is 35.3. The summed E-state index contributed by atoms with van der Waals surface area (Å²) in [4.78, 5) is 59.4. The highest BCUT2D eigenvalue weighted by atomic mass is 32.1. The van der Waals surface area contributed by atoms with Gasteiger partial charge in [-0.1, -0.05) is 51.7 Å². The molecule has 3 aliphatic rings. The van der Waals surface area contributed by atoms with Crippen LogP contribution in [-0.2, 0) is 33.3 Å².